The monoisotopic (exact) mass is 605 g/mol. The molecule has 3 fully saturated rings. The molecule has 5 atom stereocenters. The minimum absolute atomic E-state index is 0.108. The number of anilines is 1. The van der Waals surface area contributed by atoms with Gasteiger partial charge in [-0.25, -0.2) is 14.6 Å². The predicted octanol–water partition coefficient (Wildman–Crippen LogP) is -0.800. The van der Waals surface area contributed by atoms with E-state index in [1.165, 1.54) is 4.68 Å². The lowest BCUT2D eigenvalue weighted by Gasteiger charge is -2.32. The number of tetrazole rings is 1. The number of aliphatic hydroxyl groups excluding tert-OH is 3. The van der Waals surface area contributed by atoms with E-state index in [9.17, 15) is 29.7 Å². The maximum Gasteiger partial charge on any atom is 0.359 e. The molecule has 0 spiro atoms. The average Bonchev–Trinajstić information content (AvgIpc) is 3.33. The topological polar surface area (TPSA) is 247 Å². The maximum atomic E-state index is 12.4. The van der Waals surface area contributed by atoms with Crippen LogP contribution in [0.4, 0.5) is 5.82 Å². The Labute approximate surface area is 239 Å². The Hall–Kier alpha value is -3.07. The highest BCUT2D eigenvalue weighted by Crippen LogP contribution is 2.53. The van der Waals surface area contributed by atoms with Crippen LogP contribution in [0.3, 0.4) is 0 Å². The summed E-state index contributed by atoms with van der Waals surface area (Å²) >= 11 is 0. The third-order valence-electron chi connectivity index (χ3n) is 7.81. The minimum atomic E-state index is -5.12. The van der Waals surface area contributed by atoms with Crippen molar-refractivity contribution in [1.82, 2.24) is 40.4 Å². The van der Waals surface area contributed by atoms with Gasteiger partial charge >= 0.3 is 7.60 Å². The molecule has 1 unspecified atom stereocenters. The number of H-pyrrole nitrogens is 1. The van der Waals surface area contributed by atoms with Crippen molar-refractivity contribution >= 4 is 24.4 Å². The van der Waals surface area contributed by atoms with Crippen LogP contribution >= 0.6 is 7.60 Å². The molecule has 42 heavy (non-hydrogen) atoms. The molecule has 0 bridgehead atoms. The Bertz CT molecular complexity index is 1510. The van der Waals surface area contributed by atoms with E-state index in [2.05, 4.69) is 52.8 Å². The largest absolute Gasteiger partial charge is 0.393 e. The lowest BCUT2D eigenvalue weighted by atomic mass is 10.1. The predicted molar refractivity (Wildman–Crippen MR) is 142 cm³/mol. The van der Waals surface area contributed by atoms with Crippen LogP contribution in [0.5, 0.6) is 0 Å². The first-order valence-electron chi connectivity index (χ1n) is 13.7. The molecule has 3 aromatic rings. The van der Waals surface area contributed by atoms with Gasteiger partial charge in [-0.05, 0) is 31.6 Å². The normalized spacial score (nSPS) is 26.3. The number of nitrogens with zero attached hydrogens (tertiary/aromatic N) is 7. The van der Waals surface area contributed by atoms with Crippen molar-refractivity contribution in [1.29, 1.82) is 0 Å². The molecule has 1 saturated heterocycles. The fourth-order valence-electron chi connectivity index (χ4n) is 5.18. The van der Waals surface area contributed by atoms with Crippen molar-refractivity contribution in [3.63, 3.8) is 0 Å². The zero-order chi connectivity index (χ0) is 29.5. The number of aromatic amines is 1. The summed E-state index contributed by atoms with van der Waals surface area (Å²) in [4.78, 5) is 29.3. The van der Waals surface area contributed by atoms with Gasteiger partial charge in [-0.15, -0.1) is 10.2 Å². The smallest absolute Gasteiger partial charge is 0.359 e. The van der Waals surface area contributed by atoms with Crippen LogP contribution in [0.2, 0.25) is 0 Å². The number of hydrogen-bond acceptors (Lipinski definition) is 13. The number of nitrogens with one attached hydrogen (secondary N) is 2. The Kier molecular flexibility index (Phi) is 7.98. The van der Waals surface area contributed by atoms with Crippen molar-refractivity contribution in [3.8, 4) is 11.8 Å². The molecule has 226 valence electrons. The van der Waals surface area contributed by atoms with Gasteiger partial charge in [0.1, 0.15) is 24.1 Å². The van der Waals surface area contributed by atoms with E-state index in [1.807, 2.05) is 0 Å². The van der Waals surface area contributed by atoms with Crippen LogP contribution < -0.4 is 5.32 Å². The van der Waals surface area contributed by atoms with E-state index in [4.69, 9.17) is 9.47 Å². The fraction of sp³-hybridized carbons (Fsp3) is 0.667. The summed E-state index contributed by atoms with van der Waals surface area (Å²) in [5.41, 5.74) is 0.334. The molecule has 3 aliphatic rings. The quantitative estimate of drug-likeness (QED) is 0.110. The molecule has 7 N–H and O–H groups in total. The second kappa shape index (κ2) is 11.5. The zero-order valence-corrected chi connectivity index (χ0v) is 23.3. The second-order valence-corrected chi connectivity index (χ2v) is 12.8. The molecular formula is C24H32N9O8P. The Morgan fingerprint density at radius 1 is 1.19 bits per heavy atom. The molecule has 2 aliphatic carbocycles. The summed E-state index contributed by atoms with van der Waals surface area (Å²) in [5, 5.41) is 50.6. The highest BCUT2D eigenvalue weighted by atomic mass is 31.2. The number of fused-ring (bicyclic) bond motifs is 1. The van der Waals surface area contributed by atoms with Gasteiger partial charge in [0, 0.05) is 12.0 Å². The molecule has 17 nitrogen and oxygen atoms in total. The zero-order valence-electron chi connectivity index (χ0n) is 22.4. The summed E-state index contributed by atoms with van der Waals surface area (Å²) in [6, 6.07) is 0.251. The van der Waals surface area contributed by atoms with Gasteiger partial charge < -0.3 is 39.9 Å². The summed E-state index contributed by atoms with van der Waals surface area (Å²) in [6.07, 6.45) is 1.81. The van der Waals surface area contributed by atoms with Crippen molar-refractivity contribution < 1.29 is 39.1 Å². The van der Waals surface area contributed by atoms with Crippen molar-refractivity contribution in [2.24, 2.45) is 5.92 Å². The van der Waals surface area contributed by atoms with Crippen LogP contribution in [0, 0.1) is 17.8 Å². The highest BCUT2D eigenvalue weighted by molar-refractivity contribution is 7.53. The first kappa shape index (κ1) is 29.0. The molecule has 4 heterocycles. The number of aromatic nitrogens is 8. The highest BCUT2D eigenvalue weighted by Gasteiger charge is 2.52. The molecule has 0 aromatic carbocycles. The van der Waals surface area contributed by atoms with Crippen LogP contribution in [-0.4, -0.2) is 108 Å². The first-order valence-corrected chi connectivity index (χ1v) is 15.4. The summed E-state index contributed by atoms with van der Waals surface area (Å²) in [5.74, 6) is 7.28. The Balaban J connectivity index is 1.26. The number of aliphatic hydroxyl groups is 3. The standard InChI is InChI=1S/C24H32N9O8P/c34-12-24(42(37,38)39,9-18-29-31-32-30-18)40-11-16-19(35)20(36)23(41-16)33-22-15(10-25-33)21(26-14-3-1-2-4-14)27-17(28-22)8-7-13-5-6-13/h10,13-14,16,19-20,23,34-36H,1-6,9,11-12H2,(H,26,27,28)(H2,37,38,39)(H,29,30,31,32)/t16-,19-,20-,23-,24?/m1/s1. The van der Waals surface area contributed by atoms with Crippen LogP contribution in [0.1, 0.15) is 56.4 Å². The summed E-state index contributed by atoms with van der Waals surface area (Å²) in [6.45, 7) is -1.69. The van der Waals surface area contributed by atoms with Crippen molar-refractivity contribution in [2.45, 2.75) is 80.9 Å². The number of rotatable bonds is 10. The molecule has 1 aliphatic heterocycles. The van der Waals surface area contributed by atoms with Gasteiger partial charge in [0.25, 0.3) is 0 Å². The van der Waals surface area contributed by atoms with Crippen molar-refractivity contribution in [3.05, 3.63) is 17.8 Å². The summed E-state index contributed by atoms with van der Waals surface area (Å²) < 4.78 is 25.2. The van der Waals surface area contributed by atoms with Gasteiger partial charge in [0.2, 0.25) is 5.82 Å². The maximum absolute atomic E-state index is 12.4. The lowest BCUT2D eigenvalue weighted by Crippen LogP contribution is -2.43. The van der Waals surface area contributed by atoms with Gasteiger partial charge in [-0.1, -0.05) is 24.0 Å². The molecule has 18 heteroatoms. The Morgan fingerprint density at radius 2 is 1.98 bits per heavy atom. The van der Waals surface area contributed by atoms with Gasteiger partial charge in [0.15, 0.2) is 23.0 Å². The van der Waals surface area contributed by atoms with Crippen LogP contribution in [0.15, 0.2) is 6.20 Å². The molecule has 0 radical (unpaired) electrons. The van der Waals surface area contributed by atoms with Gasteiger partial charge in [0.05, 0.1) is 31.2 Å². The fourth-order valence-corrected chi connectivity index (χ4v) is 5.95. The number of hydrogen-bond donors (Lipinski definition) is 7. The molecule has 6 rings (SSSR count). The second-order valence-electron chi connectivity index (χ2n) is 10.9. The van der Waals surface area contributed by atoms with Crippen molar-refractivity contribution in [2.75, 3.05) is 18.5 Å². The number of ether oxygens (including phenoxy) is 2. The SMILES string of the molecule is O=P(O)(O)C(CO)(Cc1nn[nH]n1)OC[C@H]1O[C@@H](n2ncc3c(NC4CCCC4)nc(C#CC4CC4)nc32)[C@H](O)[C@@H]1O. The third kappa shape index (κ3) is 5.77. The first-order chi connectivity index (χ1) is 20.2. The minimum Gasteiger partial charge on any atom is -0.393 e. The van der Waals surface area contributed by atoms with E-state index in [0.29, 0.717) is 28.6 Å². The lowest BCUT2D eigenvalue weighted by molar-refractivity contribution is -0.109. The van der Waals surface area contributed by atoms with Crippen LogP contribution in [0.25, 0.3) is 11.0 Å². The Morgan fingerprint density at radius 3 is 2.64 bits per heavy atom. The van der Waals surface area contributed by atoms with E-state index < -0.39 is 57.1 Å². The van der Waals surface area contributed by atoms with Gasteiger partial charge in [-0.2, -0.15) is 10.3 Å². The van der Waals surface area contributed by atoms with E-state index in [-0.39, 0.29) is 11.9 Å². The molecule has 2 saturated carbocycles. The van der Waals surface area contributed by atoms with E-state index >= 15 is 0 Å². The average molecular weight is 606 g/mol. The molecule has 0 amide bonds. The molecule has 3 aromatic heterocycles. The van der Waals surface area contributed by atoms with E-state index in [0.717, 1.165) is 38.5 Å². The van der Waals surface area contributed by atoms with E-state index in [1.54, 1.807) is 6.20 Å². The summed E-state index contributed by atoms with van der Waals surface area (Å²) in [7, 11) is -5.12. The van der Waals surface area contributed by atoms with Crippen LogP contribution in [-0.2, 0) is 20.5 Å². The van der Waals surface area contributed by atoms with Gasteiger partial charge in [-0.3, -0.25) is 4.57 Å². The molecular weight excluding hydrogens is 573 g/mol. The third-order valence-corrected chi connectivity index (χ3v) is 9.30.